The van der Waals surface area contributed by atoms with Gasteiger partial charge in [0.2, 0.25) is 0 Å². The van der Waals surface area contributed by atoms with Crippen molar-refractivity contribution in [3.05, 3.63) is 30.1 Å². The summed E-state index contributed by atoms with van der Waals surface area (Å²) in [6.07, 6.45) is 1.31. The molecule has 0 saturated carbocycles. The van der Waals surface area contributed by atoms with Crippen LogP contribution in [0.2, 0.25) is 0 Å². The SMILES string of the molecule is [O-]C(O)c1ccncc1. The van der Waals surface area contributed by atoms with Crippen LogP contribution < -0.4 is 5.11 Å². The van der Waals surface area contributed by atoms with Gasteiger partial charge in [-0.25, -0.2) is 0 Å². The van der Waals surface area contributed by atoms with Crippen molar-refractivity contribution >= 4 is 0 Å². The lowest BCUT2D eigenvalue weighted by atomic mass is 10.3. The first kappa shape index (κ1) is 6.19. The minimum atomic E-state index is -1.63. The van der Waals surface area contributed by atoms with E-state index in [0.717, 1.165) is 0 Å². The van der Waals surface area contributed by atoms with E-state index in [9.17, 15) is 5.11 Å². The maximum atomic E-state index is 10.3. The highest BCUT2D eigenvalue weighted by Gasteiger charge is 1.88. The van der Waals surface area contributed by atoms with Crippen LogP contribution in [0, 0.1) is 0 Å². The Morgan fingerprint density at radius 3 is 2.33 bits per heavy atom. The number of aromatic nitrogens is 1. The van der Waals surface area contributed by atoms with E-state index >= 15 is 0 Å². The molecular formula is C6H6NO2-. The van der Waals surface area contributed by atoms with Crippen molar-refractivity contribution in [2.24, 2.45) is 0 Å². The summed E-state index contributed by atoms with van der Waals surface area (Å²) in [5.41, 5.74) is 0.352. The van der Waals surface area contributed by atoms with Gasteiger partial charge in [0.15, 0.2) is 0 Å². The van der Waals surface area contributed by atoms with Crippen LogP contribution in [-0.4, -0.2) is 10.1 Å². The van der Waals surface area contributed by atoms with Gasteiger partial charge < -0.3 is 10.2 Å². The molecule has 3 heteroatoms. The van der Waals surface area contributed by atoms with Gasteiger partial charge >= 0.3 is 0 Å². The molecule has 9 heavy (non-hydrogen) atoms. The molecule has 1 rings (SSSR count). The van der Waals surface area contributed by atoms with Crippen LogP contribution in [0.3, 0.4) is 0 Å². The molecule has 1 atom stereocenters. The van der Waals surface area contributed by atoms with Crippen LogP contribution in [0.5, 0.6) is 0 Å². The zero-order valence-electron chi connectivity index (χ0n) is 4.69. The quantitative estimate of drug-likeness (QED) is 0.510. The largest absolute Gasteiger partial charge is 0.828 e. The number of pyridine rings is 1. The average molecular weight is 124 g/mol. The van der Waals surface area contributed by atoms with Crippen molar-refractivity contribution in [1.82, 2.24) is 4.98 Å². The Morgan fingerprint density at radius 1 is 1.44 bits per heavy atom. The summed E-state index contributed by atoms with van der Waals surface area (Å²) in [4.78, 5) is 3.68. The Balaban J connectivity index is 2.85. The summed E-state index contributed by atoms with van der Waals surface area (Å²) in [5.74, 6) is 0. The predicted molar refractivity (Wildman–Crippen MR) is 29.2 cm³/mol. The lowest BCUT2D eigenvalue weighted by Gasteiger charge is -2.13. The van der Waals surface area contributed by atoms with E-state index in [1.54, 1.807) is 0 Å². The van der Waals surface area contributed by atoms with Gasteiger partial charge in [0, 0.05) is 18.7 Å². The van der Waals surface area contributed by atoms with Gasteiger partial charge in [-0.1, -0.05) is 0 Å². The average Bonchev–Trinajstić information content (AvgIpc) is 1.90. The van der Waals surface area contributed by atoms with E-state index < -0.39 is 6.29 Å². The third kappa shape index (κ3) is 1.48. The third-order valence-corrected chi connectivity index (χ3v) is 0.991. The van der Waals surface area contributed by atoms with Crippen LogP contribution >= 0.6 is 0 Å². The Labute approximate surface area is 52.6 Å². The summed E-state index contributed by atoms with van der Waals surface area (Å²) in [6.45, 7) is 0. The van der Waals surface area contributed by atoms with E-state index in [1.165, 1.54) is 24.5 Å². The van der Waals surface area contributed by atoms with E-state index in [2.05, 4.69) is 4.98 Å². The van der Waals surface area contributed by atoms with Crippen LogP contribution in [0.25, 0.3) is 0 Å². The molecule has 48 valence electrons. The molecule has 0 aliphatic carbocycles. The Hall–Kier alpha value is -0.930. The normalized spacial score (nSPS) is 13.1. The molecule has 0 spiro atoms. The number of aliphatic hydroxyl groups excluding tert-OH is 1. The highest BCUT2D eigenvalue weighted by atomic mass is 16.5. The van der Waals surface area contributed by atoms with Crippen LogP contribution in [-0.2, 0) is 0 Å². The molecule has 0 amide bonds. The molecule has 0 radical (unpaired) electrons. The second kappa shape index (κ2) is 2.57. The number of hydrogen-bond acceptors (Lipinski definition) is 3. The maximum absolute atomic E-state index is 10.3. The molecule has 3 nitrogen and oxygen atoms in total. The minimum absolute atomic E-state index is 0.352. The number of rotatable bonds is 1. The van der Waals surface area contributed by atoms with Gasteiger partial charge in [0.05, 0.1) is 0 Å². The van der Waals surface area contributed by atoms with E-state index in [1.807, 2.05) is 0 Å². The smallest absolute Gasteiger partial charge is 0.0270 e. The van der Waals surface area contributed by atoms with E-state index in [4.69, 9.17) is 5.11 Å². The third-order valence-electron chi connectivity index (χ3n) is 0.991. The molecule has 1 aromatic rings. The first-order chi connectivity index (χ1) is 4.30. The van der Waals surface area contributed by atoms with Crippen molar-refractivity contribution in [1.29, 1.82) is 0 Å². The zero-order chi connectivity index (χ0) is 6.69. The summed E-state index contributed by atoms with van der Waals surface area (Å²) >= 11 is 0. The molecule has 0 saturated heterocycles. The molecule has 0 aliphatic rings. The predicted octanol–water partition coefficient (Wildman–Crippen LogP) is -0.567. The molecule has 0 bridgehead atoms. The summed E-state index contributed by atoms with van der Waals surface area (Å²) in [7, 11) is 0. The Morgan fingerprint density at radius 2 is 2.00 bits per heavy atom. The van der Waals surface area contributed by atoms with E-state index in [0.29, 0.717) is 5.56 Å². The van der Waals surface area contributed by atoms with Crippen molar-refractivity contribution in [3.63, 3.8) is 0 Å². The fourth-order valence-electron chi connectivity index (χ4n) is 0.528. The van der Waals surface area contributed by atoms with Gasteiger partial charge in [-0.2, -0.15) is 0 Å². The fraction of sp³-hybridized carbons (Fsp3) is 0.167. The van der Waals surface area contributed by atoms with Crippen LogP contribution in [0.4, 0.5) is 0 Å². The molecule has 1 unspecified atom stereocenters. The van der Waals surface area contributed by atoms with Crippen molar-refractivity contribution in [3.8, 4) is 0 Å². The summed E-state index contributed by atoms with van der Waals surface area (Å²) in [5, 5.41) is 18.7. The molecular weight excluding hydrogens is 118 g/mol. The number of nitrogens with zero attached hydrogens (tertiary/aromatic N) is 1. The van der Waals surface area contributed by atoms with E-state index in [-0.39, 0.29) is 0 Å². The highest BCUT2D eigenvalue weighted by Crippen LogP contribution is 2.01. The molecule has 1 heterocycles. The second-order valence-electron chi connectivity index (χ2n) is 1.63. The monoisotopic (exact) mass is 124 g/mol. The fourth-order valence-corrected chi connectivity index (χ4v) is 0.528. The van der Waals surface area contributed by atoms with Crippen LogP contribution in [0.15, 0.2) is 24.5 Å². The maximum Gasteiger partial charge on any atom is 0.0270 e. The molecule has 0 aliphatic heterocycles. The van der Waals surface area contributed by atoms with Gasteiger partial charge in [0.1, 0.15) is 0 Å². The number of hydrogen-bond donors (Lipinski definition) is 1. The summed E-state index contributed by atoms with van der Waals surface area (Å²) in [6, 6.07) is 2.97. The molecule has 1 N–H and O–H groups in total. The van der Waals surface area contributed by atoms with Gasteiger partial charge in [-0.3, -0.25) is 4.98 Å². The van der Waals surface area contributed by atoms with Gasteiger partial charge in [0.25, 0.3) is 0 Å². The second-order valence-corrected chi connectivity index (χ2v) is 1.63. The Kier molecular flexibility index (Phi) is 1.77. The first-order valence-corrected chi connectivity index (χ1v) is 2.54. The first-order valence-electron chi connectivity index (χ1n) is 2.54. The van der Waals surface area contributed by atoms with Crippen molar-refractivity contribution in [2.75, 3.05) is 0 Å². The topological polar surface area (TPSA) is 56.2 Å². The summed E-state index contributed by atoms with van der Waals surface area (Å²) < 4.78 is 0. The lowest BCUT2D eigenvalue weighted by Crippen LogP contribution is -2.13. The van der Waals surface area contributed by atoms with Crippen molar-refractivity contribution in [2.45, 2.75) is 6.29 Å². The molecule has 1 aromatic heterocycles. The zero-order valence-corrected chi connectivity index (χ0v) is 4.69. The van der Waals surface area contributed by atoms with Gasteiger partial charge in [-0.05, 0) is 17.7 Å². The lowest BCUT2D eigenvalue weighted by molar-refractivity contribution is -0.490. The van der Waals surface area contributed by atoms with Crippen LogP contribution in [0.1, 0.15) is 11.9 Å². The number of aliphatic hydroxyl groups is 1. The molecule has 0 fully saturated rings. The highest BCUT2D eigenvalue weighted by molar-refractivity contribution is 5.09. The standard InChI is InChI=1S/C6H6NO2/c8-6(9)5-1-3-7-4-2-5/h1-4,6,8H/q-1. The minimum Gasteiger partial charge on any atom is -0.828 e. The molecule has 0 aromatic carbocycles. The van der Waals surface area contributed by atoms with Gasteiger partial charge in [-0.15, -0.1) is 0 Å². The Bertz CT molecular complexity index is 174. The van der Waals surface area contributed by atoms with Crippen molar-refractivity contribution < 1.29 is 10.2 Å².